The summed E-state index contributed by atoms with van der Waals surface area (Å²) >= 11 is 0. The molecule has 0 unspecified atom stereocenters. The third kappa shape index (κ3) is 6.58. The predicted octanol–water partition coefficient (Wildman–Crippen LogP) is 3.32. The van der Waals surface area contributed by atoms with E-state index >= 15 is 0 Å². The van der Waals surface area contributed by atoms with Gasteiger partial charge in [-0.1, -0.05) is 37.3 Å². The molecule has 0 saturated heterocycles. The Balaban J connectivity index is 2.22. The number of nitrogens with one attached hydrogen (secondary N) is 1. The van der Waals surface area contributed by atoms with Gasteiger partial charge in [-0.15, -0.1) is 6.58 Å². The summed E-state index contributed by atoms with van der Waals surface area (Å²) in [5, 5.41) is 3.41. The highest BCUT2D eigenvalue weighted by Crippen LogP contribution is 2.06. The second-order valence-corrected chi connectivity index (χ2v) is 4.45. The molecule has 2 nitrogen and oxygen atoms in total. The normalized spacial score (nSPS) is 10.5. The number of ether oxygens (including phenoxy) is 1. The van der Waals surface area contributed by atoms with Crippen LogP contribution in [0.1, 0.15) is 30.9 Å². The van der Waals surface area contributed by atoms with Gasteiger partial charge in [0, 0.05) is 0 Å². The molecule has 18 heavy (non-hydrogen) atoms. The number of benzene rings is 1. The first-order valence-corrected chi connectivity index (χ1v) is 6.84. The van der Waals surface area contributed by atoms with Crippen LogP contribution in [0, 0.1) is 0 Å². The summed E-state index contributed by atoms with van der Waals surface area (Å²) in [6, 6.07) is 8.70. The second kappa shape index (κ2) is 9.86. The Bertz CT molecular complexity index is 318. The van der Waals surface area contributed by atoms with E-state index in [1.807, 2.05) is 6.08 Å². The molecule has 1 rings (SSSR count). The molecule has 0 saturated carbocycles. The van der Waals surface area contributed by atoms with Gasteiger partial charge in [0.1, 0.15) is 0 Å². The Morgan fingerprint density at radius 1 is 1.17 bits per heavy atom. The molecule has 0 heterocycles. The van der Waals surface area contributed by atoms with Crippen LogP contribution >= 0.6 is 0 Å². The quantitative estimate of drug-likeness (QED) is 0.506. The lowest BCUT2D eigenvalue weighted by molar-refractivity contribution is 0.125. The van der Waals surface area contributed by atoms with E-state index in [4.69, 9.17) is 4.74 Å². The minimum atomic E-state index is 0.697. The minimum absolute atomic E-state index is 0.697. The molecule has 0 aliphatic rings. The van der Waals surface area contributed by atoms with E-state index in [0.717, 1.165) is 32.5 Å². The third-order valence-electron chi connectivity index (χ3n) is 2.78. The highest BCUT2D eigenvalue weighted by molar-refractivity contribution is 5.22. The van der Waals surface area contributed by atoms with Crippen molar-refractivity contribution in [1.82, 2.24) is 5.32 Å². The minimum Gasteiger partial charge on any atom is -0.376 e. The zero-order chi connectivity index (χ0) is 13.1. The van der Waals surface area contributed by atoms with Crippen molar-refractivity contribution in [2.24, 2.45) is 0 Å². The van der Waals surface area contributed by atoms with Gasteiger partial charge in [0.05, 0.1) is 13.2 Å². The van der Waals surface area contributed by atoms with Gasteiger partial charge >= 0.3 is 0 Å². The zero-order valence-corrected chi connectivity index (χ0v) is 11.5. The lowest BCUT2D eigenvalue weighted by atomic mass is 10.1. The van der Waals surface area contributed by atoms with E-state index in [2.05, 4.69) is 43.1 Å². The molecule has 0 aliphatic heterocycles. The van der Waals surface area contributed by atoms with E-state index in [9.17, 15) is 0 Å². The molecule has 0 fully saturated rings. The smallest absolute Gasteiger partial charge is 0.0717 e. The van der Waals surface area contributed by atoms with Crippen LogP contribution in [-0.4, -0.2) is 19.7 Å². The highest BCUT2D eigenvalue weighted by Gasteiger charge is 1.95. The molecule has 0 radical (unpaired) electrons. The standard InChI is InChI=1S/C16H25NO/c1-3-5-13-18-14-16-8-6-15(7-9-16)10-12-17-11-4-2/h3,6-9,17H,1,4-5,10-14H2,2H3. The summed E-state index contributed by atoms with van der Waals surface area (Å²) in [4.78, 5) is 0. The lowest BCUT2D eigenvalue weighted by Crippen LogP contribution is -2.17. The Labute approximate surface area is 111 Å². The van der Waals surface area contributed by atoms with Crippen LogP contribution in [0.4, 0.5) is 0 Å². The largest absolute Gasteiger partial charge is 0.376 e. The maximum atomic E-state index is 5.53. The first kappa shape index (κ1) is 14.9. The first-order valence-electron chi connectivity index (χ1n) is 6.84. The van der Waals surface area contributed by atoms with Crippen LogP contribution in [0.3, 0.4) is 0 Å². The maximum Gasteiger partial charge on any atom is 0.0717 e. The van der Waals surface area contributed by atoms with Crippen molar-refractivity contribution < 1.29 is 4.74 Å². The number of rotatable bonds is 10. The van der Waals surface area contributed by atoms with Crippen LogP contribution in [-0.2, 0) is 17.8 Å². The molecule has 2 heteroatoms. The van der Waals surface area contributed by atoms with E-state index in [1.165, 1.54) is 17.5 Å². The molecular weight excluding hydrogens is 222 g/mol. The van der Waals surface area contributed by atoms with Crippen molar-refractivity contribution in [1.29, 1.82) is 0 Å². The SMILES string of the molecule is C=CCCOCc1ccc(CCNCCC)cc1. The van der Waals surface area contributed by atoms with Crippen LogP contribution in [0.5, 0.6) is 0 Å². The molecule has 1 aromatic rings. The van der Waals surface area contributed by atoms with Crippen molar-refractivity contribution in [3.05, 3.63) is 48.0 Å². The highest BCUT2D eigenvalue weighted by atomic mass is 16.5. The monoisotopic (exact) mass is 247 g/mol. The van der Waals surface area contributed by atoms with Crippen molar-refractivity contribution in [3.63, 3.8) is 0 Å². The van der Waals surface area contributed by atoms with E-state index in [0.29, 0.717) is 6.61 Å². The summed E-state index contributed by atoms with van der Waals surface area (Å²) in [6.07, 6.45) is 5.09. The summed E-state index contributed by atoms with van der Waals surface area (Å²) in [5.74, 6) is 0. The van der Waals surface area contributed by atoms with Gasteiger partial charge in [0.25, 0.3) is 0 Å². The van der Waals surface area contributed by atoms with Gasteiger partial charge in [-0.05, 0) is 43.5 Å². The molecule has 1 N–H and O–H groups in total. The average molecular weight is 247 g/mol. The Kier molecular flexibility index (Phi) is 8.19. The Hall–Kier alpha value is -1.12. The molecule has 0 bridgehead atoms. The van der Waals surface area contributed by atoms with Gasteiger partial charge in [-0.2, -0.15) is 0 Å². The van der Waals surface area contributed by atoms with Gasteiger partial charge in [-0.3, -0.25) is 0 Å². The maximum absolute atomic E-state index is 5.53. The van der Waals surface area contributed by atoms with E-state index in [-0.39, 0.29) is 0 Å². The fourth-order valence-corrected chi connectivity index (χ4v) is 1.69. The van der Waals surface area contributed by atoms with Crippen LogP contribution in [0.2, 0.25) is 0 Å². The number of hydrogen-bond donors (Lipinski definition) is 1. The predicted molar refractivity (Wildman–Crippen MR) is 77.8 cm³/mol. The molecule has 0 spiro atoms. The summed E-state index contributed by atoms with van der Waals surface area (Å²) in [5.41, 5.74) is 2.62. The molecular formula is C16H25NO. The van der Waals surface area contributed by atoms with Crippen molar-refractivity contribution in [2.75, 3.05) is 19.7 Å². The first-order chi connectivity index (χ1) is 8.86. The van der Waals surface area contributed by atoms with Gasteiger partial charge < -0.3 is 10.1 Å². The van der Waals surface area contributed by atoms with Gasteiger partial charge in [0.15, 0.2) is 0 Å². The van der Waals surface area contributed by atoms with Crippen molar-refractivity contribution in [2.45, 2.75) is 32.8 Å². The zero-order valence-electron chi connectivity index (χ0n) is 11.5. The summed E-state index contributed by atoms with van der Waals surface area (Å²) < 4.78 is 5.53. The molecule has 100 valence electrons. The molecule has 0 atom stereocenters. The fourth-order valence-electron chi connectivity index (χ4n) is 1.69. The second-order valence-electron chi connectivity index (χ2n) is 4.45. The summed E-state index contributed by atoms with van der Waals surface area (Å²) in [6.45, 7) is 9.48. The summed E-state index contributed by atoms with van der Waals surface area (Å²) in [7, 11) is 0. The number of hydrogen-bond acceptors (Lipinski definition) is 2. The molecule has 0 aromatic heterocycles. The van der Waals surface area contributed by atoms with Gasteiger partial charge in [0.2, 0.25) is 0 Å². The van der Waals surface area contributed by atoms with Crippen LogP contribution < -0.4 is 5.32 Å². The van der Waals surface area contributed by atoms with Crippen molar-refractivity contribution in [3.8, 4) is 0 Å². The Morgan fingerprint density at radius 2 is 1.89 bits per heavy atom. The third-order valence-corrected chi connectivity index (χ3v) is 2.78. The van der Waals surface area contributed by atoms with E-state index < -0.39 is 0 Å². The topological polar surface area (TPSA) is 21.3 Å². The van der Waals surface area contributed by atoms with Gasteiger partial charge in [-0.25, -0.2) is 0 Å². The van der Waals surface area contributed by atoms with E-state index in [1.54, 1.807) is 0 Å². The Morgan fingerprint density at radius 3 is 2.56 bits per heavy atom. The molecule has 0 aliphatic carbocycles. The average Bonchev–Trinajstić information content (AvgIpc) is 2.41. The van der Waals surface area contributed by atoms with Crippen LogP contribution in [0.15, 0.2) is 36.9 Å². The molecule has 1 aromatic carbocycles. The van der Waals surface area contributed by atoms with Crippen LogP contribution in [0.25, 0.3) is 0 Å². The van der Waals surface area contributed by atoms with Crippen molar-refractivity contribution >= 4 is 0 Å². The fraction of sp³-hybridized carbons (Fsp3) is 0.500. The molecule has 0 amide bonds. The lowest BCUT2D eigenvalue weighted by Gasteiger charge is -2.06.